The van der Waals surface area contributed by atoms with Crippen LogP contribution >= 0.6 is 0 Å². The van der Waals surface area contributed by atoms with E-state index >= 15 is 0 Å². The number of hydrogen-bond acceptors (Lipinski definition) is 4. The first-order valence-corrected chi connectivity index (χ1v) is 7.65. The van der Waals surface area contributed by atoms with Crippen molar-refractivity contribution in [2.45, 2.75) is 25.4 Å². The summed E-state index contributed by atoms with van der Waals surface area (Å²) in [6.45, 7) is 0.114. The third-order valence-electron chi connectivity index (χ3n) is 3.54. The summed E-state index contributed by atoms with van der Waals surface area (Å²) in [5.74, 6) is -1.36. The van der Waals surface area contributed by atoms with Crippen LogP contribution in [0.4, 0.5) is 5.69 Å². The first-order chi connectivity index (χ1) is 11.6. The zero-order valence-corrected chi connectivity index (χ0v) is 12.9. The van der Waals surface area contributed by atoms with E-state index < -0.39 is 11.8 Å². The van der Waals surface area contributed by atoms with Gasteiger partial charge in [-0.2, -0.15) is 0 Å². The van der Waals surface area contributed by atoms with E-state index in [4.69, 9.17) is 4.42 Å². The molecule has 3 rings (SSSR count). The van der Waals surface area contributed by atoms with Crippen LogP contribution < -0.4 is 16.0 Å². The Morgan fingerprint density at radius 2 is 1.83 bits per heavy atom. The lowest BCUT2D eigenvalue weighted by atomic mass is 10.1. The third-order valence-corrected chi connectivity index (χ3v) is 3.54. The smallest absolute Gasteiger partial charge is 0.313 e. The van der Waals surface area contributed by atoms with Crippen molar-refractivity contribution in [1.29, 1.82) is 0 Å². The lowest BCUT2D eigenvalue weighted by molar-refractivity contribution is -0.136. The van der Waals surface area contributed by atoms with Crippen molar-refractivity contribution in [2.24, 2.45) is 0 Å². The maximum absolute atomic E-state index is 12.2. The van der Waals surface area contributed by atoms with Crippen LogP contribution in [-0.2, 0) is 16.1 Å². The molecular weight excluding hydrogens is 310 g/mol. The second-order valence-corrected chi connectivity index (χ2v) is 5.51. The van der Waals surface area contributed by atoms with Gasteiger partial charge in [0.25, 0.3) is 5.91 Å². The molecule has 0 radical (unpaired) electrons. The zero-order chi connectivity index (χ0) is 16.9. The van der Waals surface area contributed by atoms with Gasteiger partial charge >= 0.3 is 11.8 Å². The fraction of sp³-hybridized carbons (Fsp3) is 0.235. The third kappa shape index (κ3) is 4.01. The summed E-state index contributed by atoms with van der Waals surface area (Å²) in [5, 5.41) is 7.78. The number of rotatable bonds is 5. The standard InChI is InChI=1S/C17H17N3O4/c21-15(19-11-7-8-11)13-5-1-2-6-14(13)20-17(23)16(22)18-10-12-4-3-9-24-12/h1-6,9,11H,7-8,10H2,(H,18,22)(H,19,21)(H,20,23). The Balaban J connectivity index is 1.60. The Morgan fingerprint density at radius 1 is 1.04 bits per heavy atom. The van der Waals surface area contributed by atoms with Gasteiger partial charge in [0, 0.05) is 6.04 Å². The summed E-state index contributed by atoms with van der Waals surface area (Å²) in [7, 11) is 0. The van der Waals surface area contributed by atoms with Crippen molar-refractivity contribution in [3.63, 3.8) is 0 Å². The topological polar surface area (TPSA) is 100 Å². The van der Waals surface area contributed by atoms with Gasteiger partial charge in [-0.1, -0.05) is 12.1 Å². The van der Waals surface area contributed by atoms with E-state index in [1.54, 1.807) is 36.4 Å². The van der Waals surface area contributed by atoms with E-state index in [2.05, 4.69) is 16.0 Å². The molecule has 0 atom stereocenters. The summed E-state index contributed by atoms with van der Waals surface area (Å²) >= 11 is 0. The summed E-state index contributed by atoms with van der Waals surface area (Å²) in [6.07, 6.45) is 3.42. The van der Waals surface area contributed by atoms with E-state index in [9.17, 15) is 14.4 Å². The monoisotopic (exact) mass is 327 g/mol. The van der Waals surface area contributed by atoms with E-state index in [-0.39, 0.29) is 18.5 Å². The van der Waals surface area contributed by atoms with Crippen LogP contribution in [0.1, 0.15) is 29.0 Å². The van der Waals surface area contributed by atoms with Crippen LogP contribution in [-0.4, -0.2) is 23.8 Å². The number of carbonyl (C=O) groups is 3. The number of anilines is 1. The maximum Gasteiger partial charge on any atom is 0.313 e. The molecule has 7 heteroatoms. The Kier molecular flexibility index (Phi) is 4.60. The molecule has 3 N–H and O–H groups in total. The highest BCUT2D eigenvalue weighted by Gasteiger charge is 2.25. The predicted molar refractivity (Wildman–Crippen MR) is 86.1 cm³/mol. The van der Waals surface area contributed by atoms with Crippen LogP contribution in [0.15, 0.2) is 47.1 Å². The van der Waals surface area contributed by atoms with E-state index in [1.165, 1.54) is 6.26 Å². The molecule has 7 nitrogen and oxygen atoms in total. The molecule has 0 aliphatic heterocycles. The second kappa shape index (κ2) is 6.99. The molecule has 1 aliphatic rings. The number of furan rings is 1. The minimum absolute atomic E-state index is 0.114. The summed E-state index contributed by atoms with van der Waals surface area (Å²) in [6, 6.07) is 10.2. The fourth-order valence-corrected chi connectivity index (χ4v) is 2.12. The Bertz CT molecular complexity index is 751. The number of para-hydroxylation sites is 1. The Labute approximate surface area is 138 Å². The molecule has 0 spiro atoms. The van der Waals surface area contributed by atoms with E-state index in [0.717, 1.165) is 12.8 Å². The summed E-state index contributed by atoms with van der Waals surface area (Å²) in [4.78, 5) is 36.0. The maximum atomic E-state index is 12.2. The van der Waals surface area contributed by atoms with Gasteiger partial charge in [0.1, 0.15) is 5.76 Å². The average Bonchev–Trinajstić information content (AvgIpc) is 3.24. The summed E-state index contributed by atoms with van der Waals surface area (Å²) < 4.78 is 5.08. The molecule has 2 aromatic rings. The molecular formula is C17H17N3O4. The van der Waals surface area contributed by atoms with Crippen molar-refractivity contribution in [3.8, 4) is 0 Å². The minimum Gasteiger partial charge on any atom is -0.467 e. The Hall–Kier alpha value is -3.09. The number of nitrogens with one attached hydrogen (secondary N) is 3. The van der Waals surface area contributed by atoms with Gasteiger partial charge in [0.15, 0.2) is 0 Å². The number of hydrogen-bond donors (Lipinski definition) is 3. The molecule has 0 unspecified atom stereocenters. The van der Waals surface area contributed by atoms with Gasteiger partial charge < -0.3 is 20.4 Å². The molecule has 1 heterocycles. The molecule has 1 aliphatic carbocycles. The van der Waals surface area contributed by atoms with Gasteiger partial charge in [-0.3, -0.25) is 14.4 Å². The molecule has 0 bridgehead atoms. The molecule has 24 heavy (non-hydrogen) atoms. The number of benzene rings is 1. The van der Waals surface area contributed by atoms with Gasteiger partial charge in [-0.05, 0) is 37.1 Å². The second-order valence-electron chi connectivity index (χ2n) is 5.51. The molecule has 1 saturated carbocycles. The molecule has 1 aromatic carbocycles. The highest BCUT2D eigenvalue weighted by molar-refractivity contribution is 6.40. The molecule has 1 fully saturated rings. The van der Waals surface area contributed by atoms with Crippen LogP contribution in [0.2, 0.25) is 0 Å². The van der Waals surface area contributed by atoms with Crippen LogP contribution in [0.25, 0.3) is 0 Å². The Morgan fingerprint density at radius 3 is 2.54 bits per heavy atom. The van der Waals surface area contributed by atoms with Gasteiger partial charge in [0.2, 0.25) is 0 Å². The number of amides is 3. The van der Waals surface area contributed by atoms with Crippen LogP contribution in [0.3, 0.4) is 0 Å². The SMILES string of the molecule is O=C(NCc1ccco1)C(=O)Nc1ccccc1C(=O)NC1CC1. The predicted octanol–water partition coefficient (Wildman–Crippen LogP) is 1.43. The molecule has 0 saturated heterocycles. The quantitative estimate of drug-likeness (QED) is 0.723. The van der Waals surface area contributed by atoms with Crippen molar-refractivity contribution >= 4 is 23.4 Å². The molecule has 1 aromatic heterocycles. The van der Waals surface area contributed by atoms with Crippen LogP contribution in [0.5, 0.6) is 0 Å². The first-order valence-electron chi connectivity index (χ1n) is 7.65. The highest BCUT2D eigenvalue weighted by Crippen LogP contribution is 2.21. The van der Waals surface area contributed by atoms with Gasteiger partial charge in [-0.15, -0.1) is 0 Å². The van der Waals surface area contributed by atoms with Crippen molar-refractivity contribution in [3.05, 3.63) is 54.0 Å². The highest BCUT2D eigenvalue weighted by atomic mass is 16.3. The molecule has 124 valence electrons. The largest absolute Gasteiger partial charge is 0.467 e. The first kappa shape index (κ1) is 15.8. The zero-order valence-electron chi connectivity index (χ0n) is 12.9. The summed E-state index contributed by atoms with van der Waals surface area (Å²) in [5.41, 5.74) is 0.630. The molecule has 3 amide bonds. The van der Waals surface area contributed by atoms with Crippen molar-refractivity contribution in [2.75, 3.05) is 5.32 Å². The lowest BCUT2D eigenvalue weighted by Gasteiger charge is -2.11. The van der Waals surface area contributed by atoms with Crippen molar-refractivity contribution < 1.29 is 18.8 Å². The van der Waals surface area contributed by atoms with E-state index in [0.29, 0.717) is 17.0 Å². The minimum atomic E-state index is -0.840. The van der Waals surface area contributed by atoms with Crippen molar-refractivity contribution in [1.82, 2.24) is 10.6 Å². The normalized spacial score (nSPS) is 13.2. The average molecular weight is 327 g/mol. The fourth-order valence-electron chi connectivity index (χ4n) is 2.12. The van der Waals surface area contributed by atoms with E-state index in [1.807, 2.05) is 0 Å². The lowest BCUT2D eigenvalue weighted by Crippen LogP contribution is -2.35. The van der Waals surface area contributed by atoms with Crippen LogP contribution in [0, 0.1) is 0 Å². The number of carbonyl (C=O) groups excluding carboxylic acids is 3. The van der Waals surface area contributed by atoms with Gasteiger partial charge in [-0.25, -0.2) is 0 Å². The van der Waals surface area contributed by atoms with Gasteiger partial charge in [0.05, 0.1) is 24.1 Å².